The lowest BCUT2D eigenvalue weighted by Crippen LogP contribution is -2.68. The number of amides is 2. The number of aliphatic carboxylic acids is 1. The van der Waals surface area contributed by atoms with Crippen molar-refractivity contribution in [2.24, 2.45) is 0 Å². The first-order valence-electron chi connectivity index (χ1n) is 17.2. The van der Waals surface area contributed by atoms with Crippen molar-refractivity contribution in [3.63, 3.8) is 0 Å². The Balaban J connectivity index is 1.36. The molecule has 8 N–H and O–H groups in total. The van der Waals surface area contributed by atoms with Gasteiger partial charge in [-0.25, -0.2) is 9.59 Å². The Bertz CT molecular complexity index is 1850. The SMILES string of the molecule is CCSCCCO[C@]1(C(=O)O)CC(O)[C@@H](NC(C)=O)[C@H]([C@H](O)[C@H](O)CNC(=O)c2ccc(C3=C4C=CC(O)=CC4OC4=CC(=O)CC=C43)c(C(=O)O)c2)O1. The standard InChI is InChI=1S/C37H42N2O14S/c1-3-54-12-4-11-51-37(36(49)50)16-26(43)31(39-18(2)40)33(53-37)32(45)27(44)17-38-34(46)19-5-8-22(25(13-19)35(47)48)30-23-9-6-20(41)14-28(23)52-29-15-21(42)7-10-24(29)30/h5-6,8-10,13-15,26-28,31-33,41,43-45H,3-4,7,11-12,16-17H2,1-2H3,(H,38,46)(H,39,40)(H,47,48)(H,49,50)/t26?,27-,28?,31-,32-,33-,37-/m1/s1. The number of ether oxygens (including phenoxy) is 3. The van der Waals surface area contributed by atoms with E-state index < -0.39 is 79.1 Å². The Labute approximate surface area is 313 Å². The van der Waals surface area contributed by atoms with Gasteiger partial charge in [0.05, 0.1) is 30.4 Å². The molecular formula is C37H42N2O14S. The minimum Gasteiger partial charge on any atom is -0.508 e. The number of ketones is 1. The Hall–Kier alpha value is -4.78. The molecule has 2 heterocycles. The second kappa shape index (κ2) is 17.1. The number of aliphatic hydroxyl groups excluding tert-OH is 4. The van der Waals surface area contributed by atoms with E-state index in [2.05, 4.69) is 10.6 Å². The van der Waals surface area contributed by atoms with Crippen molar-refractivity contribution in [3.8, 4) is 0 Å². The molecule has 2 unspecified atom stereocenters. The van der Waals surface area contributed by atoms with Gasteiger partial charge in [0.15, 0.2) is 5.78 Å². The summed E-state index contributed by atoms with van der Waals surface area (Å²) in [5, 5.41) is 68.4. The normalized spacial score (nSPS) is 25.9. The Kier molecular flexibility index (Phi) is 12.8. The molecule has 0 saturated carbocycles. The van der Waals surface area contributed by atoms with Gasteiger partial charge in [0, 0.05) is 60.7 Å². The van der Waals surface area contributed by atoms with Gasteiger partial charge in [-0.05, 0) is 41.7 Å². The predicted molar refractivity (Wildman–Crippen MR) is 192 cm³/mol. The number of aromatic carboxylic acids is 1. The number of carbonyl (C=O) groups excluding carboxylic acids is 3. The van der Waals surface area contributed by atoms with E-state index in [0.29, 0.717) is 28.9 Å². The van der Waals surface area contributed by atoms with Crippen LogP contribution in [0.25, 0.3) is 5.57 Å². The molecule has 16 nitrogen and oxygen atoms in total. The fourth-order valence-corrected chi connectivity index (χ4v) is 7.22. The number of hydrogen-bond acceptors (Lipinski definition) is 13. The van der Waals surface area contributed by atoms with E-state index in [-0.39, 0.29) is 47.0 Å². The summed E-state index contributed by atoms with van der Waals surface area (Å²) >= 11 is 1.61. The molecule has 1 fully saturated rings. The summed E-state index contributed by atoms with van der Waals surface area (Å²) in [6.07, 6.45) is -0.705. The molecule has 2 amide bonds. The Morgan fingerprint density at radius 3 is 2.59 bits per heavy atom. The quantitative estimate of drug-likeness (QED) is 0.117. The smallest absolute Gasteiger partial charge is 0.364 e. The number of allylic oxidation sites excluding steroid dienone is 4. The van der Waals surface area contributed by atoms with Crippen LogP contribution in [0.15, 0.2) is 71.2 Å². The van der Waals surface area contributed by atoms with Gasteiger partial charge in [0.1, 0.15) is 29.8 Å². The highest BCUT2D eigenvalue weighted by atomic mass is 32.2. The van der Waals surface area contributed by atoms with Crippen molar-refractivity contribution in [1.82, 2.24) is 10.6 Å². The zero-order valence-corrected chi connectivity index (χ0v) is 30.2. The van der Waals surface area contributed by atoms with E-state index in [1.54, 1.807) is 23.9 Å². The molecule has 1 aromatic rings. The number of aliphatic hydroxyl groups is 4. The van der Waals surface area contributed by atoms with Crippen LogP contribution >= 0.6 is 11.8 Å². The summed E-state index contributed by atoms with van der Waals surface area (Å²) in [6.45, 7) is 2.39. The molecule has 17 heteroatoms. The molecule has 0 spiro atoms. The first-order valence-corrected chi connectivity index (χ1v) is 18.4. The van der Waals surface area contributed by atoms with Crippen LogP contribution in [-0.2, 0) is 28.6 Å². The van der Waals surface area contributed by atoms with Crippen molar-refractivity contribution in [2.45, 2.75) is 75.5 Å². The van der Waals surface area contributed by atoms with Gasteiger partial charge < -0.3 is 55.5 Å². The lowest BCUT2D eigenvalue weighted by Gasteiger charge is -2.46. The van der Waals surface area contributed by atoms with Gasteiger partial charge in [-0.2, -0.15) is 11.8 Å². The van der Waals surface area contributed by atoms with Crippen LogP contribution in [-0.4, -0.2) is 127 Å². The topological polar surface area (TPSA) is 258 Å². The van der Waals surface area contributed by atoms with E-state index in [1.807, 2.05) is 6.92 Å². The highest BCUT2D eigenvalue weighted by Crippen LogP contribution is 2.44. The number of benzene rings is 1. The highest BCUT2D eigenvalue weighted by molar-refractivity contribution is 7.99. The monoisotopic (exact) mass is 770 g/mol. The lowest BCUT2D eigenvalue weighted by molar-refractivity contribution is -0.310. The highest BCUT2D eigenvalue weighted by Gasteiger charge is 2.55. The maximum atomic E-state index is 13.3. The van der Waals surface area contributed by atoms with Crippen molar-refractivity contribution < 1.29 is 68.8 Å². The maximum Gasteiger partial charge on any atom is 0.364 e. The summed E-state index contributed by atoms with van der Waals surface area (Å²) in [7, 11) is 0. The van der Waals surface area contributed by atoms with Gasteiger partial charge in [-0.1, -0.05) is 25.1 Å². The van der Waals surface area contributed by atoms with Crippen LogP contribution in [0, 0.1) is 0 Å². The summed E-state index contributed by atoms with van der Waals surface area (Å²) in [5.41, 5.74) is 1.20. The predicted octanol–water partition coefficient (Wildman–Crippen LogP) is 1.38. The summed E-state index contributed by atoms with van der Waals surface area (Å²) in [6, 6.07) is 2.51. The van der Waals surface area contributed by atoms with Gasteiger partial charge in [-0.3, -0.25) is 14.4 Å². The number of rotatable bonds is 15. The van der Waals surface area contributed by atoms with Gasteiger partial charge >= 0.3 is 11.9 Å². The Morgan fingerprint density at radius 2 is 1.91 bits per heavy atom. The molecule has 2 aliphatic carbocycles. The molecule has 0 bridgehead atoms. The van der Waals surface area contributed by atoms with Crippen molar-refractivity contribution in [1.29, 1.82) is 0 Å². The fourth-order valence-electron chi connectivity index (χ4n) is 6.61. The van der Waals surface area contributed by atoms with Crippen LogP contribution in [0.5, 0.6) is 0 Å². The van der Waals surface area contributed by atoms with Gasteiger partial charge in [0.2, 0.25) is 5.91 Å². The van der Waals surface area contributed by atoms with Crippen LogP contribution in [0.3, 0.4) is 0 Å². The minimum atomic E-state index is -2.42. The van der Waals surface area contributed by atoms with Crippen LogP contribution in [0.2, 0.25) is 0 Å². The number of thioether (sulfide) groups is 1. The number of hydrogen-bond donors (Lipinski definition) is 8. The third-order valence-electron chi connectivity index (χ3n) is 9.16. The van der Waals surface area contributed by atoms with E-state index in [0.717, 1.165) is 18.7 Å². The number of carboxylic acids is 2. The molecule has 0 radical (unpaired) electrons. The van der Waals surface area contributed by atoms with Crippen molar-refractivity contribution >= 4 is 46.9 Å². The number of carbonyl (C=O) groups is 5. The zero-order valence-electron chi connectivity index (χ0n) is 29.4. The molecule has 1 saturated heterocycles. The summed E-state index contributed by atoms with van der Waals surface area (Å²) in [5.74, 6) is -5.47. The molecule has 290 valence electrons. The van der Waals surface area contributed by atoms with Crippen LogP contribution in [0.1, 0.15) is 59.4 Å². The molecule has 5 rings (SSSR count). The molecule has 1 aromatic carbocycles. The molecular weight excluding hydrogens is 728 g/mol. The van der Waals surface area contributed by atoms with Gasteiger partial charge in [0.25, 0.3) is 11.7 Å². The third kappa shape index (κ3) is 8.77. The number of carboxylic acid groups (broad SMARTS) is 2. The molecule has 0 aromatic heterocycles. The van der Waals surface area contributed by atoms with E-state index >= 15 is 0 Å². The van der Waals surface area contributed by atoms with E-state index in [9.17, 15) is 54.6 Å². The first kappa shape index (κ1) is 40.4. The lowest BCUT2D eigenvalue weighted by atomic mass is 9.81. The zero-order chi connectivity index (χ0) is 39.3. The Morgan fingerprint density at radius 1 is 1.15 bits per heavy atom. The summed E-state index contributed by atoms with van der Waals surface area (Å²) in [4.78, 5) is 62.5. The molecule has 4 aliphatic rings. The largest absolute Gasteiger partial charge is 0.508 e. The van der Waals surface area contributed by atoms with Crippen LogP contribution < -0.4 is 10.6 Å². The van der Waals surface area contributed by atoms with E-state index in [4.69, 9.17) is 14.2 Å². The summed E-state index contributed by atoms with van der Waals surface area (Å²) < 4.78 is 17.3. The maximum absolute atomic E-state index is 13.3. The second-order valence-corrected chi connectivity index (χ2v) is 14.4. The first-order chi connectivity index (χ1) is 25.6. The molecule has 7 atom stereocenters. The second-order valence-electron chi connectivity index (χ2n) is 13.0. The average molecular weight is 771 g/mol. The number of fused-ring (bicyclic) bond motifs is 2. The van der Waals surface area contributed by atoms with E-state index in [1.165, 1.54) is 30.4 Å². The minimum absolute atomic E-state index is 0.0462. The molecule has 2 aliphatic heterocycles. The van der Waals surface area contributed by atoms with Crippen molar-refractivity contribution in [3.05, 3.63) is 87.9 Å². The molecule has 54 heavy (non-hydrogen) atoms. The fraction of sp³-hybridized carbons (Fsp3) is 0.432. The van der Waals surface area contributed by atoms with Gasteiger partial charge in [-0.15, -0.1) is 0 Å². The average Bonchev–Trinajstić information content (AvgIpc) is 3.12. The third-order valence-corrected chi connectivity index (χ3v) is 10.1. The van der Waals surface area contributed by atoms with Crippen molar-refractivity contribution in [2.75, 3.05) is 24.7 Å². The number of nitrogens with one attached hydrogen (secondary N) is 2. The van der Waals surface area contributed by atoms with Crippen LogP contribution in [0.4, 0.5) is 0 Å².